The second kappa shape index (κ2) is 6.35. The molecule has 2 amide bonds. The molecular weight excluding hydrogens is 302 g/mol. The summed E-state index contributed by atoms with van der Waals surface area (Å²) in [7, 11) is 0. The number of hydrogen-bond acceptors (Lipinski definition) is 3. The van der Waals surface area contributed by atoms with E-state index in [0.29, 0.717) is 28.5 Å². The number of aryl methyl sites for hydroxylation is 2. The van der Waals surface area contributed by atoms with Crippen LogP contribution in [0.4, 0.5) is 11.4 Å². The first kappa shape index (κ1) is 16.1. The van der Waals surface area contributed by atoms with Crippen molar-refractivity contribution in [1.82, 2.24) is 5.32 Å². The highest BCUT2D eigenvalue weighted by Crippen LogP contribution is 2.22. The highest BCUT2D eigenvalue weighted by atomic mass is 16.2. The first-order valence-corrected chi connectivity index (χ1v) is 8.03. The molecule has 0 radical (unpaired) electrons. The van der Waals surface area contributed by atoms with Crippen molar-refractivity contribution in [1.29, 1.82) is 0 Å². The molecular formula is C19H21N3O2. The van der Waals surface area contributed by atoms with E-state index >= 15 is 0 Å². The van der Waals surface area contributed by atoms with E-state index in [0.717, 1.165) is 24.0 Å². The van der Waals surface area contributed by atoms with Crippen LogP contribution >= 0.6 is 0 Å². The van der Waals surface area contributed by atoms with E-state index in [-0.39, 0.29) is 11.8 Å². The van der Waals surface area contributed by atoms with Crippen LogP contribution in [0.2, 0.25) is 0 Å². The molecule has 3 rings (SSSR count). The zero-order valence-corrected chi connectivity index (χ0v) is 13.8. The maximum absolute atomic E-state index is 12.5. The predicted octanol–water partition coefficient (Wildman–Crippen LogP) is 3.03. The number of carbonyl (C=O) groups is 2. The maximum atomic E-state index is 12.5. The lowest BCUT2D eigenvalue weighted by Gasteiger charge is -2.12. The summed E-state index contributed by atoms with van der Waals surface area (Å²) in [5.74, 6) is -0.337. The Morgan fingerprint density at radius 3 is 2.42 bits per heavy atom. The maximum Gasteiger partial charge on any atom is 0.256 e. The van der Waals surface area contributed by atoms with Crippen LogP contribution in [0, 0.1) is 13.8 Å². The van der Waals surface area contributed by atoms with Crippen molar-refractivity contribution >= 4 is 23.2 Å². The van der Waals surface area contributed by atoms with Crippen LogP contribution in [0.15, 0.2) is 36.4 Å². The fraction of sp³-hybridized carbons (Fsp3) is 0.263. The molecule has 1 saturated carbocycles. The van der Waals surface area contributed by atoms with Gasteiger partial charge in [-0.1, -0.05) is 12.1 Å². The molecule has 0 atom stereocenters. The van der Waals surface area contributed by atoms with Gasteiger partial charge in [-0.2, -0.15) is 0 Å². The SMILES string of the molecule is Cc1ccc(C(=O)NC2CC2)cc1NC(=O)c1cc(N)ccc1C. The Morgan fingerprint density at radius 2 is 1.71 bits per heavy atom. The molecule has 1 aliphatic rings. The van der Waals surface area contributed by atoms with Crippen LogP contribution in [-0.4, -0.2) is 17.9 Å². The van der Waals surface area contributed by atoms with Gasteiger partial charge >= 0.3 is 0 Å². The molecule has 0 bridgehead atoms. The van der Waals surface area contributed by atoms with Gasteiger partial charge in [0.25, 0.3) is 11.8 Å². The van der Waals surface area contributed by atoms with Crippen molar-refractivity contribution in [2.24, 2.45) is 0 Å². The van der Waals surface area contributed by atoms with E-state index in [4.69, 9.17) is 5.73 Å². The molecule has 5 heteroatoms. The Kier molecular flexibility index (Phi) is 4.25. The number of nitrogen functional groups attached to an aromatic ring is 1. The number of amides is 2. The number of anilines is 2. The highest BCUT2D eigenvalue weighted by molar-refractivity contribution is 6.07. The van der Waals surface area contributed by atoms with E-state index in [2.05, 4.69) is 10.6 Å². The lowest BCUT2D eigenvalue weighted by Crippen LogP contribution is -2.25. The topological polar surface area (TPSA) is 84.2 Å². The van der Waals surface area contributed by atoms with Gasteiger partial charge in [0.1, 0.15) is 0 Å². The third-order valence-electron chi connectivity index (χ3n) is 4.17. The van der Waals surface area contributed by atoms with Gasteiger partial charge in [-0.3, -0.25) is 9.59 Å². The molecule has 0 aliphatic heterocycles. The Bertz CT molecular complexity index is 810. The monoisotopic (exact) mass is 323 g/mol. The lowest BCUT2D eigenvalue weighted by molar-refractivity contribution is 0.0949. The molecule has 0 heterocycles. The molecule has 2 aromatic carbocycles. The van der Waals surface area contributed by atoms with Crippen molar-refractivity contribution in [2.45, 2.75) is 32.7 Å². The third kappa shape index (κ3) is 3.56. The number of carbonyl (C=O) groups excluding carboxylic acids is 2. The number of rotatable bonds is 4. The van der Waals surface area contributed by atoms with Gasteiger partial charge in [0, 0.05) is 28.5 Å². The summed E-state index contributed by atoms with van der Waals surface area (Å²) in [4.78, 5) is 24.7. The third-order valence-corrected chi connectivity index (χ3v) is 4.17. The van der Waals surface area contributed by atoms with Gasteiger partial charge < -0.3 is 16.4 Å². The number of hydrogen-bond donors (Lipinski definition) is 3. The molecule has 0 aromatic heterocycles. The summed E-state index contributed by atoms with van der Waals surface area (Å²) >= 11 is 0. The van der Waals surface area contributed by atoms with Crippen LogP contribution in [0.1, 0.15) is 44.7 Å². The fourth-order valence-electron chi connectivity index (χ4n) is 2.47. The van der Waals surface area contributed by atoms with Crippen LogP contribution in [0.25, 0.3) is 0 Å². The van der Waals surface area contributed by atoms with Crippen molar-refractivity contribution in [3.05, 3.63) is 58.7 Å². The van der Waals surface area contributed by atoms with Crippen molar-refractivity contribution in [3.63, 3.8) is 0 Å². The molecule has 4 N–H and O–H groups in total. The summed E-state index contributed by atoms with van der Waals surface area (Å²) in [6, 6.07) is 10.9. The molecule has 24 heavy (non-hydrogen) atoms. The Balaban J connectivity index is 1.82. The molecule has 0 saturated heterocycles. The zero-order chi connectivity index (χ0) is 17.3. The first-order chi connectivity index (χ1) is 11.4. The average molecular weight is 323 g/mol. The molecule has 5 nitrogen and oxygen atoms in total. The largest absolute Gasteiger partial charge is 0.399 e. The molecule has 1 fully saturated rings. The normalized spacial score (nSPS) is 13.4. The molecule has 0 spiro atoms. The second-order valence-corrected chi connectivity index (χ2v) is 6.31. The summed E-state index contributed by atoms with van der Waals surface area (Å²) in [5.41, 5.74) is 9.77. The molecule has 1 aliphatic carbocycles. The number of nitrogens with one attached hydrogen (secondary N) is 2. The lowest BCUT2D eigenvalue weighted by atomic mass is 10.1. The Labute approximate surface area is 141 Å². The van der Waals surface area contributed by atoms with E-state index < -0.39 is 0 Å². The van der Waals surface area contributed by atoms with Gasteiger partial charge in [0.2, 0.25) is 0 Å². The minimum absolute atomic E-state index is 0.104. The minimum atomic E-state index is -0.234. The van der Waals surface area contributed by atoms with Crippen LogP contribution in [-0.2, 0) is 0 Å². The van der Waals surface area contributed by atoms with Crippen LogP contribution in [0.3, 0.4) is 0 Å². The Hall–Kier alpha value is -2.82. The summed E-state index contributed by atoms with van der Waals surface area (Å²) in [5, 5.41) is 5.83. The smallest absolute Gasteiger partial charge is 0.256 e. The second-order valence-electron chi connectivity index (χ2n) is 6.31. The average Bonchev–Trinajstić information content (AvgIpc) is 3.35. The minimum Gasteiger partial charge on any atom is -0.399 e. The van der Waals surface area contributed by atoms with E-state index in [1.165, 1.54) is 0 Å². The Morgan fingerprint density at radius 1 is 1.00 bits per heavy atom. The van der Waals surface area contributed by atoms with Crippen LogP contribution in [0.5, 0.6) is 0 Å². The van der Waals surface area contributed by atoms with Gasteiger partial charge in [-0.05, 0) is 62.1 Å². The van der Waals surface area contributed by atoms with E-state index in [9.17, 15) is 9.59 Å². The number of nitrogens with two attached hydrogens (primary N) is 1. The molecule has 0 unspecified atom stereocenters. The number of benzene rings is 2. The standard InChI is InChI=1S/C19H21N3O2/c1-11-4-6-14(20)10-16(11)19(24)22-17-9-13(5-3-12(17)2)18(23)21-15-7-8-15/h3-6,9-10,15H,7-8,20H2,1-2H3,(H,21,23)(H,22,24). The van der Waals surface area contributed by atoms with Crippen molar-refractivity contribution in [3.8, 4) is 0 Å². The first-order valence-electron chi connectivity index (χ1n) is 8.03. The summed E-state index contributed by atoms with van der Waals surface area (Å²) < 4.78 is 0. The van der Waals surface area contributed by atoms with Crippen molar-refractivity contribution in [2.75, 3.05) is 11.1 Å². The van der Waals surface area contributed by atoms with E-state index in [1.54, 1.807) is 24.3 Å². The quantitative estimate of drug-likeness (QED) is 0.756. The summed E-state index contributed by atoms with van der Waals surface area (Å²) in [6.45, 7) is 3.76. The fourth-order valence-corrected chi connectivity index (χ4v) is 2.47. The van der Waals surface area contributed by atoms with Gasteiger partial charge in [0.15, 0.2) is 0 Å². The highest BCUT2D eigenvalue weighted by Gasteiger charge is 2.24. The van der Waals surface area contributed by atoms with Crippen molar-refractivity contribution < 1.29 is 9.59 Å². The van der Waals surface area contributed by atoms with Gasteiger partial charge in [-0.15, -0.1) is 0 Å². The van der Waals surface area contributed by atoms with Gasteiger partial charge in [0.05, 0.1) is 0 Å². The molecule has 124 valence electrons. The van der Waals surface area contributed by atoms with Gasteiger partial charge in [-0.25, -0.2) is 0 Å². The molecule has 2 aromatic rings. The summed E-state index contributed by atoms with van der Waals surface area (Å²) in [6.07, 6.45) is 2.08. The van der Waals surface area contributed by atoms with Crippen LogP contribution < -0.4 is 16.4 Å². The van der Waals surface area contributed by atoms with E-state index in [1.807, 2.05) is 26.0 Å². The zero-order valence-electron chi connectivity index (χ0n) is 13.8. The predicted molar refractivity (Wildman–Crippen MR) is 95.2 cm³/mol.